The van der Waals surface area contributed by atoms with Crippen molar-refractivity contribution in [1.82, 2.24) is 20.5 Å². The first-order chi connectivity index (χ1) is 11.7. The zero-order valence-electron chi connectivity index (χ0n) is 15.2. The molecule has 0 bridgehead atoms. The van der Waals surface area contributed by atoms with Gasteiger partial charge in [-0.25, -0.2) is 0 Å². The van der Waals surface area contributed by atoms with Gasteiger partial charge in [-0.15, -0.1) is 0 Å². The minimum atomic E-state index is 0.0988. The third kappa shape index (κ3) is 5.46. The first-order valence-corrected chi connectivity index (χ1v) is 8.83. The van der Waals surface area contributed by atoms with E-state index in [1.54, 1.807) is 0 Å². The van der Waals surface area contributed by atoms with Gasteiger partial charge in [-0.2, -0.15) is 0 Å². The van der Waals surface area contributed by atoms with E-state index < -0.39 is 0 Å². The number of hydrogen-bond donors (Lipinski definition) is 2. The second-order valence-electron chi connectivity index (χ2n) is 6.42. The van der Waals surface area contributed by atoms with Gasteiger partial charge in [-0.3, -0.25) is 9.98 Å². The highest BCUT2D eigenvalue weighted by Gasteiger charge is 2.34. The van der Waals surface area contributed by atoms with Crippen molar-refractivity contribution in [1.29, 1.82) is 0 Å². The van der Waals surface area contributed by atoms with Gasteiger partial charge >= 0.3 is 0 Å². The number of nitrogens with zero attached hydrogens (tertiary/aromatic N) is 3. The lowest BCUT2D eigenvalue weighted by atomic mass is 9.89. The molecule has 6 heteroatoms. The van der Waals surface area contributed by atoms with E-state index in [1.165, 1.54) is 0 Å². The highest BCUT2D eigenvalue weighted by molar-refractivity contribution is 5.79. The van der Waals surface area contributed by atoms with Crippen molar-refractivity contribution in [3.8, 4) is 0 Å². The smallest absolute Gasteiger partial charge is 0.191 e. The highest BCUT2D eigenvalue weighted by Crippen LogP contribution is 2.26. The number of aromatic nitrogens is 1. The molecule has 0 radical (unpaired) electrons. The maximum Gasteiger partial charge on any atom is 0.191 e. The van der Waals surface area contributed by atoms with E-state index in [0.717, 1.165) is 63.8 Å². The fourth-order valence-electron chi connectivity index (χ4n) is 2.92. The first-order valence-electron chi connectivity index (χ1n) is 8.83. The predicted octanol–water partition coefficient (Wildman–Crippen LogP) is 1.29. The molecule has 1 aromatic heterocycles. The summed E-state index contributed by atoms with van der Waals surface area (Å²) in [6.07, 6.45) is 4.77. The molecule has 0 aromatic carbocycles. The van der Waals surface area contributed by atoms with E-state index in [0.29, 0.717) is 0 Å². The Kier molecular flexibility index (Phi) is 7.46. The van der Waals surface area contributed by atoms with Gasteiger partial charge in [0.15, 0.2) is 5.96 Å². The van der Waals surface area contributed by atoms with Crippen LogP contribution in [-0.2, 0) is 11.2 Å². The average molecular weight is 333 g/mol. The van der Waals surface area contributed by atoms with Crippen LogP contribution in [0.4, 0.5) is 0 Å². The largest absolute Gasteiger partial charge is 0.381 e. The van der Waals surface area contributed by atoms with E-state index in [4.69, 9.17) is 9.73 Å². The Morgan fingerprint density at radius 3 is 2.71 bits per heavy atom. The number of nitrogens with one attached hydrogen (secondary N) is 2. The van der Waals surface area contributed by atoms with Crippen LogP contribution in [0.2, 0.25) is 0 Å². The fourth-order valence-corrected chi connectivity index (χ4v) is 2.92. The van der Waals surface area contributed by atoms with Gasteiger partial charge in [0.05, 0.1) is 6.54 Å². The molecule has 2 N–H and O–H groups in total. The SMILES string of the molecule is CCNC(=NCC1(N(C)C)CCOCC1)NCCc1ccccn1. The van der Waals surface area contributed by atoms with E-state index in [-0.39, 0.29) is 5.54 Å². The molecule has 6 nitrogen and oxygen atoms in total. The van der Waals surface area contributed by atoms with Gasteiger partial charge in [0.1, 0.15) is 0 Å². The monoisotopic (exact) mass is 333 g/mol. The molecule has 0 spiro atoms. The normalized spacial score (nSPS) is 17.8. The second kappa shape index (κ2) is 9.59. The van der Waals surface area contributed by atoms with Crippen LogP contribution in [0.25, 0.3) is 0 Å². The molecule has 2 heterocycles. The third-order valence-electron chi connectivity index (χ3n) is 4.65. The quantitative estimate of drug-likeness (QED) is 0.582. The van der Waals surface area contributed by atoms with Gasteiger partial charge in [0, 0.05) is 50.2 Å². The molecule has 1 aromatic rings. The number of likely N-dealkylation sites (N-methyl/N-ethyl adjacent to an activating group) is 1. The summed E-state index contributed by atoms with van der Waals surface area (Å²) >= 11 is 0. The zero-order chi connectivity index (χ0) is 17.3. The number of hydrogen-bond acceptors (Lipinski definition) is 4. The second-order valence-corrected chi connectivity index (χ2v) is 6.42. The van der Waals surface area contributed by atoms with Crippen molar-refractivity contribution < 1.29 is 4.74 Å². The van der Waals surface area contributed by atoms with Crippen LogP contribution in [0.1, 0.15) is 25.5 Å². The molecule has 2 rings (SSSR count). The Morgan fingerprint density at radius 2 is 2.08 bits per heavy atom. The van der Waals surface area contributed by atoms with E-state index >= 15 is 0 Å². The number of rotatable bonds is 7. The maximum atomic E-state index is 5.53. The van der Waals surface area contributed by atoms with Crippen LogP contribution in [0.5, 0.6) is 0 Å². The maximum absolute atomic E-state index is 5.53. The Hall–Kier alpha value is -1.66. The fraction of sp³-hybridized carbons (Fsp3) is 0.667. The number of aliphatic imine (C=N–C) groups is 1. The van der Waals surface area contributed by atoms with Gasteiger partial charge in [-0.1, -0.05) is 6.07 Å². The van der Waals surface area contributed by atoms with Crippen LogP contribution in [0.3, 0.4) is 0 Å². The summed E-state index contributed by atoms with van der Waals surface area (Å²) in [6.45, 7) is 6.18. The van der Waals surface area contributed by atoms with Crippen LogP contribution >= 0.6 is 0 Å². The minimum absolute atomic E-state index is 0.0988. The number of pyridine rings is 1. The molecule has 134 valence electrons. The summed E-state index contributed by atoms with van der Waals surface area (Å²) in [5, 5.41) is 6.75. The number of guanidine groups is 1. The van der Waals surface area contributed by atoms with Crippen LogP contribution < -0.4 is 10.6 Å². The van der Waals surface area contributed by atoms with Crippen molar-refractivity contribution >= 4 is 5.96 Å². The molecular formula is C18H31N5O. The van der Waals surface area contributed by atoms with E-state index in [2.05, 4.69) is 47.6 Å². The third-order valence-corrected chi connectivity index (χ3v) is 4.65. The molecule has 0 atom stereocenters. The molecule has 1 aliphatic rings. The van der Waals surface area contributed by atoms with Gasteiger partial charge in [0.2, 0.25) is 0 Å². The summed E-state index contributed by atoms with van der Waals surface area (Å²) in [5.74, 6) is 0.876. The van der Waals surface area contributed by atoms with E-state index in [9.17, 15) is 0 Å². The van der Waals surface area contributed by atoms with Gasteiger partial charge in [-0.05, 0) is 46.0 Å². The topological polar surface area (TPSA) is 61.8 Å². The van der Waals surface area contributed by atoms with Gasteiger partial charge < -0.3 is 20.3 Å². The average Bonchev–Trinajstić information content (AvgIpc) is 2.61. The standard InChI is InChI=1S/C18H31N5O/c1-4-19-17(21-12-8-16-7-5-6-11-20-16)22-15-18(23(2)3)9-13-24-14-10-18/h5-7,11H,4,8-10,12-15H2,1-3H3,(H2,19,21,22). The molecule has 1 fully saturated rings. The van der Waals surface area contributed by atoms with E-state index in [1.807, 2.05) is 18.3 Å². The summed E-state index contributed by atoms with van der Waals surface area (Å²) in [5.41, 5.74) is 1.19. The molecule has 1 saturated heterocycles. The van der Waals surface area contributed by atoms with Crippen LogP contribution in [-0.4, -0.2) is 68.3 Å². The Balaban J connectivity index is 1.91. The number of ether oxygens (including phenoxy) is 1. The summed E-state index contributed by atoms with van der Waals surface area (Å²) in [7, 11) is 4.28. The molecular weight excluding hydrogens is 302 g/mol. The lowest BCUT2D eigenvalue weighted by molar-refractivity contribution is -0.00254. The van der Waals surface area contributed by atoms with Crippen LogP contribution in [0.15, 0.2) is 29.4 Å². The molecule has 1 aliphatic heterocycles. The molecule has 0 saturated carbocycles. The summed E-state index contributed by atoms with van der Waals surface area (Å²) in [4.78, 5) is 11.5. The Bertz CT molecular complexity index is 497. The van der Waals surface area contributed by atoms with Gasteiger partial charge in [0.25, 0.3) is 0 Å². The summed E-state index contributed by atoms with van der Waals surface area (Å²) < 4.78 is 5.53. The lowest BCUT2D eigenvalue weighted by Gasteiger charge is -2.41. The summed E-state index contributed by atoms with van der Waals surface area (Å²) in [6, 6.07) is 6.01. The molecule has 0 amide bonds. The highest BCUT2D eigenvalue weighted by atomic mass is 16.5. The van der Waals surface area contributed by atoms with Crippen molar-refractivity contribution in [2.24, 2.45) is 4.99 Å². The van der Waals surface area contributed by atoms with Crippen molar-refractivity contribution in [2.45, 2.75) is 31.7 Å². The Labute approximate surface area is 145 Å². The first kappa shape index (κ1) is 18.7. The predicted molar refractivity (Wildman–Crippen MR) is 98.4 cm³/mol. The van der Waals surface area contributed by atoms with Crippen LogP contribution in [0, 0.1) is 0 Å². The van der Waals surface area contributed by atoms with Crippen molar-refractivity contribution in [3.63, 3.8) is 0 Å². The Morgan fingerprint density at radius 1 is 1.29 bits per heavy atom. The minimum Gasteiger partial charge on any atom is -0.381 e. The molecule has 24 heavy (non-hydrogen) atoms. The molecule has 0 aliphatic carbocycles. The van der Waals surface area contributed by atoms with Crippen molar-refractivity contribution in [3.05, 3.63) is 30.1 Å². The van der Waals surface area contributed by atoms with Crippen molar-refractivity contribution in [2.75, 3.05) is 46.9 Å². The lowest BCUT2D eigenvalue weighted by Crippen LogP contribution is -2.51. The zero-order valence-corrected chi connectivity index (χ0v) is 15.2. The molecule has 0 unspecified atom stereocenters.